The lowest BCUT2D eigenvalue weighted by Gasteiger charge is -2.12. The summed E-state index contributed by atoms with van der Waals surface area (Å²) in [4.78, 5) is 29.1. The summed E-state index contributed by atoms with van der Waals surface area (Å²) in [6.07, 6.45) is 5.30. The maximum Gasteiger partial charge on any atom is 0.320 e. The largest absolute Gasteiger partial charge is 0.335 e. The Hall–Kier alpha value is -4.33. The van der Waals surface area contributed by atoms with Crippen molar-refractivity contribution in [2.24, 2.45) is 4.99 Å². The van der Waals surface area contributed by atoms with E-state index in [2.05, 4.69) is 25.8 Å². The van der Waals surface area contributed by atoms with E-state index in [1.54, 1.807) is 12.1 Å². The van der Waals surface area contributed by atoms with Gasteiger partial charge in [-0.15, -0.1) is 0 Å². The Morgan fingerprint density at radius 2 is 1.84 bits per heavy atom. The van der Waals surface area contributed by atoms with Crippen LogP contribution in [0.5, 0.6) is 0 Å². The number of carbonyl (C=O) groups is 1. The third kappa shape index (κ3) is 4.74. The highest BCUT2D eigenvalue weighted by Crippen LogP contribution is 2.33. The van der Waals surface area contributed by atoms with Crippen LogP contribution in [-0.4, -0.2) is 28.1 Å². The highest BCUT2D eigenvalue weighted by Gasteiger charge is 2.21. The van der Waals surface area contributed by atoms with Gasteiger partial charge < -0.3 is 5.32 Å². The predicted octanol–water partition coefficient (Wildman–Crippen LogP) is 5.15. The van der Waals surface area contributed by atoms with Crippen LogP contribution in [0.25, 0.3) is 21.9 Å². The van der Waals surface area contributed by atoms with Crippen molar-refractivity contribution in [1.82, 2.24) is 20.8 Å². The van der Waals surface area contributed by atoms with Crippen LogP contribution in [-0.2, 0) is 12.8 Å². The first-order valence-corrected chi connectivity index (χ1v) is 12.6. The van der Waals surface area contributed by atoms with Crippen LogP contribution in [0.4, 0.5) is 14.9 Å². The molecule has 37 heavy (non-hydrogen) atoms. The number of nitrogens with one attached hydrogen (secondary N) is 3. The molecular weight excluding hydrogens is 469 g/mol. The average Bonchev–Trinajstić information content (AvgIpc) is 3.55. The fraction of sp³-hybridized carbons (Fsp3) is 0.241. The summed E-state index contributed by atoms with van der Waals surface area (Å²) in [6, 6.07) is 18.0. The highest BCUT2D eigenvalue weighted by atomic mass is 19.1. The number of fused-ring (bicyclic) bond motifs is 2. The Labute approximate surface area is 212 Å². The maximum atomic E-state index is 14.9. The number of urea groups is 1. The smallest absolute Gasteiger partial charge is 0.320 e. The molecule has 4 aromatic rings. The van der Waals surface area contributed by atoms with Crippen LogP contribution < -0.4 is 16.2 Å². The minimum atomic E-state index is -0.334. The Kier molecular flexibility index (Phi) is 6.00. The van der Waals surface area contributed by atoms with Crippen molar-refractivity contribution in [2.45, 2.75) is 44.6 Å². The normalized spacial score (nSPS) is 15.0. The van der Waals surface area contributed by atoms with E-state index in [4.69, 9.17) is 0 Å². The SMILES string of the molecule is O=C(NC1=Nc2cc(-c3cc(Cc4n[nH]c(=O)c5ccccc45)ccc3F)ccc2C1)NC1CCCC1. The average molecular weight is 496 g/mol. The van der Waals surface area contributed by atoms with Crippen molar-refractivity contribution < 1.29 is 9.18 Å². The number of rotatable bonds is 4. The minimum Gasteiger partial charge on any atom is -0.335 e. The highest BCUT2D eigenvalue weighted by molar-refractivity contribution is 6.02. The number of H-pyrrole nitrogens is 1. The molecule has 0 spiro atoms. The molecule has 0 radical (unpaired) electrons. The first-order valence-electron chi connectivity index (χ1n) is 12.6. The number of hydrogen-bond acceptors (Lipinski definition) is 4. The van der Waals surface area contributed by atoms with E-state index in [1.165, 1.54) is 6.07 Å². The number of aromatic nitrogens is 2. The molecule has 1 saturated carbocycles. The number of nitrogens with zero attached hydrogens (tertiary/aromatic N) is 2. The van der Waals surface area contributed by atoms with E-state index in [9.17, 15) is 14.0 Å². The number of hydrogen-bond donors (Lipinski definition) is 3. The number of benzene rings is 3. The van der Waals surface area contributed by atoms with Gasteiger partial charge in [-0.1, -0.05) is 49.2 Å². The van der Waals surface area contributed by atoms with Crippen LogP contribution in [0.2, 0.25) is 0 Å². The molecule has 8 heteroatoms. The van der Waals surface area contributed by atoms with Crippen molar-refractivity contribution in [3.63, 3.8) is 0 Å². The lowest BCUT2D eigenvalue weighted by atomic mass is 9.97. The van der Waals surface area contributed by atoms with Crippen LogP contribution in [0.1, 0.15) is 42.5 Å². The van der Waals surface area contributed by atoms with E-state index >= 15 is 0 Å². The predicted molar refractivity (Wildman–Crippen MR) is 142 cm³/mol. The molecule has 186 valence electrons. The molecule has 6 rings (SSSR count). The molecular formula is C29H26FN5O2. The fourth-order valence-corrected chi connectivity index (χ4v) is 5.25. The Morgan fingerprint density at radius 3 is 2.68 bits per heavy atom. The van der Waals surface area contributed by atoms with E-state index in [0.717, 1.165) is 53.6 Å². The second kappa shape index (κ2) is 9.61. The van der Waals surface area contributed by atoms with Gasteiger partial charge in [-0.25, -0.2) is 19.3 Å². The van der Waals surface area contributed by atoms with Crippen molar-refractivity contribution in [3.8, 4) is 11.1 Å². The topological polar surface area (TPSA) is 99.2 Å². The molecule has 0 saturated heterocycles. The zero-order valence-electron chi connectivity index (χ0n) is 20.2. The molecule has 7 nitrogen and oxygen atoms in total. The lowest BCUT2D eigenvalue weighted by Crippen LogP contribution is -2.43. The number of amides is 2. The molecule has 0 atom stereocenters. The van der Waals surface area contributed by atoms with Gasteiger partial charge in [0, 0.05) is 29.8 Å². The van der Waals surface area contributed by atoms with Gasteiger partial charge in [-0.3, -0.25) is 10.1 Å². The summed E-state index contributed by atoms with van der Waals surface area (Å²) < 4.78 is 14.9. The first kappa shape index (κ1) is 23.1. The molecule has 2 aliphatic rings. The van der Waals surface area contributed by atoms with Gasteiger partial charge in [-0.2, -0.15) is 5.10 Å². The molecule has 1 aliphatic heterocycles. The van der Waals surface area contributed by atoms with Crippen LogP contribution in [0, 0.1) is 5.82 Å². The molecule has 2 amide bonds. The quantitative estimate of drug-likeness (QED) is 0.365. The summed E-state index contributed by atoms with van der Waals surface area (Å²) in [5.74, 6) is 0.257. The number of aliphatic imine (C=N–C) groups is 1. The van der Waals surface area contributed by atoms with Crippen LogP contribution in [0.3, 0.4) is 0 Å². The summed E-state index contributed by atoms with van der Waals surface area (Å²) >= 11 is 0. The number of carbonyl (C=O) groups excluding carboxylic acids is 1. The zero-order chi connectivity index (χ0) is 25.4. The third-order valence-corrected chi connectivity index (χ3v) is 7.14. The Morgan fingerprint density at radius 1 is 1.03 bits per heavy atom. The molecule has 3 aromatic carbocycles. The summed E-state index contributed by atoms with van der Waals surface area (Å²) in [6.45, 7) is 0. The van der Waals surface area contributed by atoms with Crippen LogP contribution >= 0.6 is 0 Å². The third-order valence-electron chi connectivity index (χ3n) is 7.14. The lowest BCUT2D eigenvalue weighted by molar-refractivity contribution is 0.241. The number of halogens is 1. The Balaban J connectivity index is 1.24. The fourth-order valence-electron chi connectivity index (χ4n) is 5.25. The second-order valence-corrected chi connectivity index (χ2v) is 9.69. The summed E-state index contributed by atoms with van der Waals surface area (Å²) in [7, 11) is 0. The van der Waals surface area contributed by atoms with Gasteiger partial charge in [0.15, 0.2) is 0 Å². The van der Waals surface area contributed by atoms with Crippen molar-refractivity contribution in [3.05, 3.63) is 93.7 Å². The molecule has 3 N–H and O–H groups in total. The van der Waals surface area contributed by atoms with Gasteiger partial charge >= 0.3 is 6.03 Å². The van der Waals surface area contributed by atoms with E-state index in [1.807, 2.05) is 42.5 Å². The van der Waals surface area contributed by atoms with Gasteiger partial charge in [0.1, 0.15) is 11.7 Å². The minimum absolute atomic E-state index is 0.221. The molecule has 0 unspecified atom stereocenters. The van der Waals surface area contributed by atoms with Gasteiger partial charge in [0.25, 0.3) is 5.56 Å². The zero-order valence-corrected chi connectivity index (χ0v) is 20.2. The second-order valence-electron chi connectivity index (χ2n) is 9.69. The number of aromatic amines is 1. The van der Waals surface area contributed by atoms with E-state index in [-0.39, 0.29) is 23.4 Å². The van der Waals surface area contributed by atoms with Crippen molar-refractivity contribution in [1.29, 1.82) is 0 Å². The Bertz CT molecular complexity index is 1600. The summed E-state index contributed by atoms with van der Waals surface area (Å²) in [5, 5.41) is 14.0. The standard InChI is InChI=1S/C29H26FN5O2/c30-24-12-9-17(14-26-21-7-3-4-8-22(21)28(36)35-34-26)13-23(24)18-10-11-19-16-27(32-25(19)15-18)33-29(37)31-20-5-1-2-6-20/h3-4,7-13,15,20H,1-2,5-6,14,16H2,(H,35,36)(H2,31,32,33,37). The van der Waals surface area contributed by atoms with Gasteiger partial charge in [0.05, 0.1) is 16.8 Å². The number of amidine groups is 1. The molecule has 1 aliphatic carbocycles. The van der Waals surface area contributed by atoms with Gasteiger partial charge in [0.2, 0.25) is 0 Å². The molecule has 0 bridgehead atoms. The molecule has 2 heterocycles. The monoisotopic (exact) mass is 495 g/mol. The van der Waals surface area contributed by atoms with Crippen LogP contribution in [0.15, 0.2) is 70.5 Å². The summed E-state index contributed by atoms with van der Waals surface area (Å²) in [5.41, 5.74) is 4.24. The maximum absolute atomic E-state index is 14.9. The van der Waals surface area contributed by atoms with Crippen molar-refractivity contribution >= 4 is 28.3 Å². The first-order chi connectivity index (χ1) is 18.0. The van der Waals surface area contributed by atoms with E-state index < -0.39 is 0 Å². The van der Waals surface area contributed by atoms with E-state index in [0.29, 0.717) is 35.2 Å². The van der Waals surface area contributed by atoms with Crippen molar-refractivity contribution in [2.75, 3.05) is 0 Å². The van der Waals surface area contributed by atoms with Gasteiger partial charge in [-0.05, 0) is 53.8 Å². The molecule has 1 fully saturated rings. The molecule has 1 aromatic heterocycles.